The molecule has 0 aliphatic heterocycles. The molecule has 0 amide bonds. The lowest BCUT2D eigenvalue weighted by atomic mass is 10.1. The first-order chi connectivity index (χ1) is 8.40. The molecule has 1 aromatic rings. The topological polar surface area (TPSA) is 71.4 Å². The maximum absolute atomic E-state index is 12.1. The second-order valence-electron chi connectivity index (χ2n) is 4.80. The molecule has 0 fully saturated rings. The van der Waals surface area contributed by atoms with Crippen LogP contribution >= 0.6 is 0 Å². The highest BCUT2D eigenvalue weighted by atomic mass is 32.2. The molecule has 2 rings (SSSR count). The van der Waals surface area contributed by atoms with E-state index in [-0.39, 0.29) is 10.6 Å². The van der Waals surface area contributed by atoms with Gasteiger partial charge < -0.3 is 5.11 Å². The van der Waals surface area contributed by atoms with Gasteiger partial charge in [-0.05, 0) is 42.5 Å². The van der Waals surface area contributed by atoms with Crippen molar-refractivity contribution in [1.29, 1.82) is 0 Å². The van der Waals surface area contributed by atoms with Crippen LogP contribution in [0.5, 0.6) is 0 Å². The van der Waals surface area contributed by atoms with Crippen molar-refractivity contribution in [3.05, 3.63) is 29.3 Å². The molecule has 1 aromatic carbocycles. The summed E-state index contributed by atoms with van der Waals surface area (Å²) in [6, 6.07) is 5.14. The summed E-state index contributed by atoms with van der Waals surface area (Å²) >= 11 is 0. The molecule has 0 radical (unpaired) electrons. The normalized spacial score (nSPS) is 16.3. The van der Waals surface area contributed by atoms with E-state index in [0.717, 1.165) is 24.8 Å². The average molecular weight is 268 g/mol. The predicted octanol–water partition coefficient (Wildman–Crippen LogP) is 1.67. The molecule has 0 saturated carbocycles. The van der Waals surface area contributed by atoms with Crippen LogP contribution in [0.2, 0.25) is 0 Å². The van der Waals surface area contributed by atoms with E-state index in [1.54, 1.807) is 12.1 Å². The predicted molar refractivity (Wildman–Crippen MR) is 67.3 cm³/mol. The van der Waals surface area contributed by atoms with Gasteiger partial charge in [0.05, 0.1) is 16.6 Å². The zero-order chi connectivity index (χ0) is 13.3. The Labute approximate surface area is 107 Å². The molecule has 18 heavy (non-hydrogen) atoms. The first-order valence-corrected chi connectivity index (χ1v) is 7.63. The van der Waals surface area contributed by atoms with Crippen LogP contribution in [0, 0.1) is 5.92 Å². The summed E-state index contributed by atoms with van der Waals surface area (Å²) in [6.45, 7) is 1.41. The van der Waals surface area contributed by atoms with Crippen LogP contribution < -0.4 is 0 Å². The second kappa shape index (κ2) is 4.72. The molecule has 0 heterocycles. The SMILES string of the molecule is CC(CS(=O)(=O)c1ccc2c(c1)CCC2)C(=O)O. The first kappa shape index (κ1) is 13.1. The highest BCUT2D eigenvalue weighted by molar-refractivity contribution is 7.91. The highest BCUT2D eigenvalue weighted by Gasteiger charge is 2.24. The van der Waals surface area contributed by atoms with E-state index in [2.05, 4.69) is 0 Å². The van der Waals surface area contributed by atoms with Gasteiger partial charge in [-0.1, -0.05) is 13.0 Å². The Bertz CT molecular complexity index is 575. The Kier molecular flexibility index (Phi) is 3.43. The van der Waals surface area contributed by atoms with Crippen molar-refractivity contribution >= 4 is 15.8 Å². The Morgan fingerprint density at radius 1 is 1.33 bits per heavy atom. The number of aryl methyl sites for hydroxylation is 2. The van der Waals surface area contributed by atoms with Crippen molar-refractivity contribution in [2.75, 3.05) is 5.75 Å². The molecule has 98 valence electrons. The molecule has 0 saturated heterocycles. The summed E-state index contributed by atoms with van der Waals surface area (Å²) in [5.74, 6) is -2.32. The average Bonchev–Trinajstić information content (AvgIpc) is 2.74. The number of fused-ring (bicyclic) bond motifs is 1. The van der Waals surface area contributed by atoms with Gasteiger partial charge in [0.25, 0.3) is 0 Å². The lowest BCUT2D eigenvalue weighted by Gasteiger charge is -2.09. The number of carboxylic acids is 1. The van der Waals surface area contributed by atoms with Crippen molar-refractivity contribution in [2.24, 2.45) is 5.92 Å². The Morgan fingerprint density at radius 3 is 2.67 bits per heavy atom. The number of carboxylic acid groups (broad SMARTS) is 1. The van der Waals surface area contributed by atoms with Gasteiger partial charge in [0.1, 0.15) is 0 Å². The first-order valence-electron chi connectivity index (χ1n) is 5.97. The molecule has 5 heteroatoms. The third kappa shape index (κ3) is 2.56. The summed E-state index contributed by atoms with van der Waals surface area (Å²) in [5.41, 5.74) is 2.29. The standard InChI is InChI=1S/C13H16O4S/c1-9(13(14)15)8-18(16,17)12-6-5-10-3-2-4-11(10)7-12/h5-7,9H,2-4,8H2,1H3,(H,14,15). The third-order valence-corrected chi connectivity index (χ3v) is 5.23. The minimum absolute atomic E-state index is 0.247. The smallest absolute Gasteiger partial charge is 0.307 e. The number of hydrogen-bond donors (Lipinski definition) is 1. The van der Waals surface area contributed by atoms with Crippen molar-refractivity contribution in [3.8, 4) is 0 Å². The number of sulfone groups is 1. The fraction of sp³-hybridized carbons (Fsp3) is 0.462. The second-order valence-corrected chi connectivity index (χ2v) is 6.84. The Hall–Kier alpha value is -1.36. The summed E-state index contributed by atoms with van der Waals surface area (Å²) in [4.78, 5) is 11.0. The maximum atomic E-state index is 12.1. The van der Waals surface area contributed by atoms with Crippen molar-refractivity contribution in [1.82, 2.24) is 0 Å². The number of carbonyl (C=O) groups is 1. The molecule has 0 aromatic heterocycles. The number of hydrogen-bond acceptors (Lipinski definition) is 3. The molecular weight excluding hydrogens is 252 g/mol. The van der Waals surface area contributed by atoms with E-state index in [0.29, 0.717) is 0 Å². The van der Waals surface area contributed by atoms with E-state index >= 15 is 0 Å². The van der Waals surface area contributed by atoms with Crippen LogP contribution in [-0.2, 0) is 27.5 Å². The largest absolute Gasteiger partial charge is 0.481 e. The summed E-state index contributed by atoms with van der Waals surface area (Å²) in [5, 5.41) is 8.78. The molecule has 1 N–H and O–H groups in total. The van der Waals surface area contributed by atoms with Crippen molar-refractivity contribution in [3.63, 3.8) is 0 Å². The monoisotopic (exact) mass is 268 g/mol. The van der Waals surface area contributed by atoms with E-state index in [1.165, 1.54) is 12.5 Å². The van der Waals surface area contributed by atoms with E-state index in [9.17, 15) is 13.2 Å². The van der Waals surface area contributed by atoms with E-state index in [1.807, 2.05) is 6.07 Å². The minimum atomic E-state index is -3.51. The number of aliphatic carboxylic acids is 1. The molecule has 1 aliphatic rings. The van der Waals surface area contributed by atoms with Crippen molar-refractivity contribution < 1.29 is 18.3 Å². The zero-order valence-corrected chi connectivity index (χ0v) is 11.0. The molecule has 1 unspecified atom stereocenters. The summed E-state index contributed by atoms with van der Waals surface area (Å²) in [7, 11) is -3.51. The van der Waals surface area contributed by atoms with Gasteiger partial charge >= 0.3 is 5.97 Å². The van der Waals surface area contributed by atoms with Gasteiger partial charge in [-0.15, -0.1) is 0 Å². The van der Waals surface area contributed by atoms with Crippen LogP contribution in [-0.4, -0.2) is 25.2 Å². The van der Waals surface area contributed by atoms with Gasteiger partial charge in [0.15, 0.2) is 9.84 Å². The lowest BCUT2D eigenvalue weighted by Crippen LogP contribution is -2.21. The van der Waals surface area contributed by atoms with Crippen LogP contribution in [0.4, 0.5) is 0 Å². The molecule has 1 atom stereocenters. The summed E-state index contributed by atoms with van der Waals surface area (Å²) < 4.78 is 24.2. The molecule has 0 spiro atoms. The van der Waals surface area contributed by atoms with Gasteiger partial charge in [0.2, 0.25) is 0 Å². The maximum Gasteiger partial charge on any atom is 0.307 e. The van der Waals surface area contributed by atoms with Gasteiger partial charge in [-0.25, -0.2) is 8.42 Å². The summed E-state index contributed by atoms with van der Waals surface area (Å²) in [6.07, 6.45) is 2.97. The Balaban J connectivity index is 2.28. The van der Waals surface area contributed by atoms with Crippen LogP contribution in [0.1, 0.15) is 24.5 Å². The number of rotatable bonds is 4. The van der Waals surface area contributed by atoms with E-state index in [4.69, 9.17) is 5.11 Å². The fourth-order valence-electron chi connectivity index (χ4n) is 2.24. The molecule has 1 aliphatic carbocycles. The molecular formula is C13H16O4S. The third-order valence-electron chi connectivity index (χ3n) is 3.32. The number of benzene rings is 1. The van der Waals surface area contributed by atoms with Gasteiger partial charge in [-0.3, -0.25) is 4.79 Å². The van der Waals surface area contributed by atoms with Crippen LogP contribution in [0.25, 0.3) is 0 Å². The fourth-order valence-corrected chi connectivity index (χ4v) is 3.83. The highest BCUT2D eigenvalue weighted by Crippen LogP contribution is 2.25. The van der Waals surface area contributed by atoms with Crippen LogP contribution in [0.15, 0.2) is 23.1 Å². The quantitative estimate of drug-likeness (QED) is 0.901. The van der Waals surface area contributed by atoms with Gasteiger partial charge in [-0.2, -0.15) is 0 Å². The van der Waals surface area contributed by atoms with E-state index < -0.39 is 21.7 Å². The molecule has 4 nitrogen and oxygen atoms in total. The minimum Gasteiger partial charge on any atom is -0.481 e. The Morgan fingerprint density at radius 2 is 2.00 bits per heavy atom. The lowest BCUT2D eigenvalue weighted by molar-refractivity contribution is -0.140. The van der Waals surface area contributed by atoms with Gasteiger partial charge in [0, 0.05) is 0 Å². The van der Waals surface area contributed by atoms with Crippen LogP contribution in [0.3, 0.4) is 0 Å². The zero-order valence-electron chi connectivity index (χ0n) is 10.2. The molecule has 0 bridgehead atoms. The van der Waals surface area contributed by atoms with Crippen molar-refractivity contribution in [2.45, 2.75) is 31.1 Å².